The van der Waals surface area contributed by atoms with Crippen molar-refractivity contribution in [2.45, 2.75) is 39.5 Å². The second-order valence-corrected chi connectivity index (χ2v) is 9.79. The van der Waals surface area contributed by atoms with Gasteiger partial charge in [0, 0.05) is 47.5 Å². The molecule has 0 fully saturated rings. The molecule has 10 heteroatoms. The summed E-state index contributed by atoms with van der Waals surface area (Å²) >= 11 is 0. The minimum Gasteiger partial charge on any atom is -0.378 e. The van der Waals surface area contributed by atoms with Crippen LogP contribution in [0.1, 0.15) is 44.0 Å². The summed E-state index contributed by atoms with van der Waals surface area (Å²) in [6, 6.07) is 12.9. The Bertz CT molecular complexity index is 1690. The van der Waals surface area contributed by atoms with Crippen molar-refractivity contribution < 1.29 is 22.7 Å². The van der Waals surface area contributed by atoms with Crippen LogP contribution < -0.4 is 5.32 Å². The number of aryl methyl sites for hydroxylation is 4. The summed E-state index contributed by atoms with van der Waals surface area (Å²) in [5.74, 6) is -0.632. The van der Waals surface area contributed by atoms with Crippen molar-refractivity contribution in [2.24, 2.45) is 0 Å². The molecule has 40 heavy (non-hydrogen) atoms. The van der Waals surface area contributed by atoms with Gasteiger partial charge in [0.1, 0.15) is 5.65 Å². The van der Waals surface area contributed by atoms with E-state index in [0.29, 0.717) is 24.4 Å². The molecule has 0 atom stereocenters. The number of imidazole rings is 1. The molecule has 2 aromatic carbocycles. The number of benzene rings is 2. The lowest BCUT2D eigenvalue weighted by molar-refractivity contribution is -0.137. The first-order chi connectivity index (χ1) is 19.1. The Balaban J connectivity index is 1.34. The van der Waals surface area contributed by atoms with Crippen molar-refractivity contribution in [3.05, 3.63) is 106 Å². The van der Waals surface area contributed by atoms with E-state index in [-0.39, 0.29) is 11.3 Å². The molecule has 0 bridgehead atoms. The van der Waals surface area contributed by atoms with Crippen LogP contribution in [-0.2, 0) is 30.4 Å². The van der Waals surface area contributed by atoms with Crippen molar-refractivity contribution in [1.82, 2.24) is 19.5 Å². The van der Waals surface area contributed by atoms with Crippen molar-refractivity contribution in [3.8, 4) is 5.69 Å². The van der Waals surface area contributed by atoms with Crippen LogP contribution in [0.5, 0.6) is 0 Å². The number of methoxy groups -OCH3 is 1. The summed E-state index contributed by atoms with van der Waals surface area (Å²) in [7, 11) is 1.64. The highest BCUT2D eigenvalue weighted by Gasteiger charge is 2.32. The molecular weight excluding hydrogens is 519 g/mol. The van der Waals surface area contributed by atoms with Gasteiger partial charge in [0.25, 0.3) is 5.91 Å². The van der Waals surface area contributed by atoms with Gasteiger partial charge in [-0.15, -0.1) is 0 Å². The Hall–Kier alpha value is -4.44. The molecule has 206 valence electrons. The Morgan fingerprint density at radius 1 is 1.05 bits per heavy atom. The number of fused-ring (bicyclic) bond motifs is 1. The summed E-state index contributed by atoms with van der Waals surface area (Å²) in [6.07, 6.45) is 1.68. The topological polar surface area (TPSA) is 84.8 Å². The minimum atomic E-state index is -4.61. The number of anilines is 1. The van der Waals surface area contributed by atoms with Crippen LogP contribution in [0.25, 0.3) is 16.7 Å². The standard InChI is InChI=1S/C30H28F3N5O2/c1-18-4-7-25(10-21(18)6-5-20-8-22-11-26(16-40-3)36-28(22)34-14-20)37-29(39)23-9-24(30(31,32)33)13-27(12-23)38-15-19(2)35-17-38/h4,7-15,17H,5-6,16H2,1-3H3,(H,34,36)(H,37,39). The van der Waals surface area contributed by atoms with Crippen LogP contribution in [0.4, 0.5) is 18.9 Å². The fourth-order valence-corrected chi connectivity index (χ4v) is 4.61. The van der Waals surface area contributed by atoms with Crippen molar-refractivity contribution in [3.63, 3.8) is 0 Å². The minimum absolute atomic E-state index is 0.1000. The third-order valence-corrected chi connectivity index (χ3v) is 6.69. The van der Waals surface area contributed by atoms with Gasteiger partial charge in [-0.2, -0.15) is 13.2 Å². The van der Waals surface area contributed by atoms with E-state index in [1.54, 1.807) is 26.3 Å². The average Bonchev–Trinajstić information content (AvgIpc) is 3.53. The molecule has 0 aliphatic carbocycles. The van der Waals surface area contributed by atoms with Crippen LogP contribution in [0.3, 0.4) is 0 Å². The Morgan fingerprint density at radius 3 is 2.60 bits per heavy atom. The molecule has 3 aromatic heterocycles. The molecule has 7 nitrogen and oxygen atoms in total. The fourth-order valence-electron chi connectivity index (χ4n) is 4.61. The maximum atomic E-state index is 13.6. The van der Waals surface area contributed by atoms with Gasteiger partial charge in [0.05, 0.1) is 24.2 Å². The smallest absolute Gasteiger partial charge is 0.378 e. The van der Waals surface area contributed by atoms with E-state index in [9.17, 15) is 18.0 Å². The number of H-pyrrole nitrogens is 1. The molecule has 0 radical (unpaired) electrons. The molecule has 5 rings (SSSR count). The SMILES string of the molecule is COCc1cc2cc(CCc3cc(NC(=O)c4cc(-n5cnc(C)c5)cc(C(F)(F)F)c4)ccc3C)cnc2[nH]1. The summed E-state index contributed by atoms with van der Waals surface area (Å²) in [5.41, 5.74) is 5.24. The predicted octanol–water partition coefficient (Wildman–Crippen LogP) is 6.57. The van der Waals surface area contributed by atoms with E-state index in [1.165, 1.54) is 17.0 Å². The summed E-state index contributed by atoms with van der Waals surface area (Å²) in [6.45, 7) is 4.20. The Kier molecular flexibility index (Phi) is 7.44. The normalized spacial score (nSPS) is 11.8. The second kappa shape index (κ2) is 11.0. The number of nitrogens with one attached hydrogen (secondary N) is 2. The highest BCUT2D eigenvalue weighted by molar-refractivity contribution is 6.04. The van der Waals surface area contributed by atoms with Crippen molar-refractivity contribution in [1.29, 1.82) is 0 Å². The van der Waals surface area contributed by atoms with E-state index in [1.807, 2.05) is 31.3 Å². The number of carbonyl (C=O) groups excluding carboxylic acids is 1. The van der Waals surface area contributed by atoms with E-state index < -0.39 is 17.6 Å². The zero-order valence-electron chi connectivity index (χ0n) is 22.3. The van der Waals surface area contributed by atoms with Crippen LogP contribution in [0, 0.1) is 13.8 Å². The third-order valence-electron chi connectivity index (χ3n) is 6.69. The van der Waals surface area contributed by atoms with Crippen LogP contribution >= 0.6 is 0 Å². The molecule has 0 aliphatic heterocycles. The lowest BCUT2D eigenvalue weighted by Gasteiger charge is -2.14. The molecule has 3 heterocycles. The first kappa shape index (κ1) is 27.1. The predicted molar refractivity (Wildman–Crippen MR) is 147 cm³/mol. The van der Waals surface area contributed by atoms with Crippen LogP contribution in [-0.4, -0.2) is 32.5 Å². The van der Waals surface area contributed by atoms with Gasteiger partial charge in [0.15, 0.2) is 0 Å². The number of carbonyl (C=O) groups is 1. The van der Waals surface area contributed by atoms with Gasteiger partial charge in [-0.25, -0.2) is 9.97 Å². The number of pyridine rings is 1. The molecule has 0 saturated heterocycles. The summed E-state index contributed by atoms with van der Waals surface area (Å²) in [5, 5.41) is 3.77. The zero-order chi connectivity index (χ0) is 28.4. The molecule has 0 spiro atoms. The van der Waals surface area contributed by atoms with E-state index in [2.05, 4.69) is 26.3 Å². The Labute approximate surface area is 229 Å². The molecule has 0 aliphatic rings. The number of alkyl halides is 3. The lowest BCUT2D eigenvalue weighted by Crippen LogP contribution is -2.15. The number of halogens is 3. The maximum absolute atomic E-state index is 13.6. The second-order valence-electron chi connectivity index (χ2n) is 9.79. The molecule has 1 amide bonds. The molecule has 0 saturated carbocycles. The highest BCUT2D eigenvalue weighted by Crippen LogP contribution is 2.32. The van der Waals surface area contributed by atoms with Crippen LogP contribution in [0.15, 0.2) is 67.3 Å². The fraction of sp³-hybridized carbons (Fsp3) is 0.233. The summed E-state index contributed by atoms with van der Waals surface area (Å²) in [4.78, 5) is 24.9. The van der Waals surface area contributed by atoms with Gasteiger partial charge in [-0.05, 0) is 85.8 Å². The van der Waals surface area contributed by atoms with E-state index in [4.69, 9.17) is 4.74 Å². The number of hydrogen-bond donors (Lipinski definition) is 2. The van der Waals surface area contributed by atoms with Crippen molar-refractivity contribution >= 4 is 22.6 Å². The number of rotatable bonds is 8. The third kappa shape index (κ3) is 6.07. The number of aromatic nitrogens is 4. The first-order valence-corrected chi connectivity index (χ1v) is 12.7. The summed E-state index contributed by atoms with van der Waals surface area (Å²) < 4.78 is 47.5. The van der Waals surface area contributed by atoms with Gasteiger partial charge in [0.2, 0.25) is 0 Å². The number of amides is 1. The monoisotopic (exact) mass is 547 g/mol. The number of nitrogens with zero attached hydrogens (tertiary/aromatic N) is 3. The van der Waals surface area contributed by atoms with Gasteiger partial charge in [-0.1, -0.05) is 6.07 Å². The van der Waals surface area contributed by atoms with E-state index >= 15 is 0 Å². The quantitative estimate of drug-likeness (QED) is 0.230. The Morgan fingerprint density at radius 2 is 1.88 bits per heavy atom. The molecule has 0 unspecified atom stereocenters. The van der Waals surface area contributed by atoms with E-state index in [0.717, 1.165) is 52.0 Å². The maximum Gasteiger partial charge on any atom is 0.416 e. The van der Waals surface area contributed by atoms with Gasteiger partial charge in [-0.3, -0.25) is 4.79 Å². The van der Waals surface area contributed by atoms with Gasteiger partial charge < -0.3 is 19.6 Å². The van der Waals surface area contributed by atoms with Crippen LogP contribution in [0.2, 0.25) is 0 Å². The number of hydrogen-bond acceptors (Lipinski definition) is 4. The molecular formula is C30H28F3N5O2. The largest absolute Gasteiger partial charge is 0.416 e. The molecule has 5 aromatic rings. The average molecular weight is 548 g/mol. The first-order valence-electron chi connectivity index (χ1n) is 12.7. The molecule has 2 N–H and O–H groups in total. The number of aromatic amines is 1. The lowest BCUT2D eigenvalue weighted by atomic mass is 10.00. The zero-order valence-corrected chi connectivity index (χ0v) is 22.3. The van der Waals surface area contributed by atoms with Gasteiger partial charge >= 0.3 is 6.18 Å². The number of ether oxygens (including phenoxy) is 1. The van der Waals surface area contributed by atoms with Crippen molar-refractivity contribution in [2.75, 3.05) is 12.4 Å². The highest BCUT2D eigenvalue weighted by atomic mass is 19.4.